The van der Waals surface area contributed by atoms with Gasteiger partial charge < -0.3 is 13.1 Å². The molecule has 0 spiro atoms. The zero-order chi connectivity index (χ0) is 2.71. The minimum absolute atomic E-state index is 0. The van der Waals surface area contributed by atoms with Crippen molar-refractivity contribution in [1.29, 1.82) is 0 Å². The molecule has 0 aromatic rings. The Balaban J connectivity index is -0.0000000200. The van der Waals surface area contributed by atoms with Crippen LogP contribution in [-0.4, -0.2) is 0 Å². The molecule has 0 aliphatic carbocycles. The summed E-state index contributed by atoms with van der Waals surface area (Å²) in [6.45, 7) is 5.50. The first-order valence-electron chi connectivity index (χ1n) is 1.21. The number of rotatable bonds is 0. The molecule has 0 heterocycles. The van der Waals surface area contributed by atoms with Crippen LogP contribution in [0.5, 0.6) is 0 Å². The van der Waals surface area contributed by atoms with Crippen molar-refractivity contribution in [3.63, 3.8) is 0 Å². The minimum atomic E-state index is 0. The van der Waals surface area contributed by atoms with Crippen molar-refractivity contribution in [3.05, 3.63) is 6.92 Å². The fourth-order valence-electron chi connectivity index (χ4n) is 0. The van der Waals surface area contributed by atoms with Crippen molar-refractivity contribution < 1.29 is 21.7 Å². The van der Waals surface area contributed by atoms with Gasteiger partial charge in [0.1, 0.15) is 0 Å². The largest absolute Gasteiger partial charge is 0.344 e. The fraction of sp³-hybridized carbons (Fsp3) is 0.667. The summed E-state index contributed by atoms with van der Waals surface area (Å²) in [7, 11) is 0. The van der Waals surface area contributed by atoms with Crippen molar-refractivity contribution in [3.8, 4) is 0 Å². The summed E-state index contributed by atoms with van der Waals surface area (Å²) in [6, 6.07) is 0. The maximum atomic E-state index is 3.49. The van der Waals surface area contributed by atoms with Crippen LogP contribution in [0, 0.1) is 6.92 Å². The molecule has 3 N–H and O–H groups in total. The molecule has 0 aromatic heterocycles. The molecule has 0 aliphatic heterocycles. The first-order chi connectivity index (χ1) is 1.41. The van der Waals surface area contributed by atoms with Gasteiger partial charge in [0, 0.05) is 21.7 Å². The molecule has 2 heteroatoms. The van der Waals surface area contributed by atoms with Crippen LogP contribution in [0.2, 0.25) is 0 Å². The predicted octanol–water partition coefficient (Wildman–Crippen LogP) is 1.39. The van der Waals surface area contributed by atoms with E-state index in [-0.39, 0.29) is 27.9 Å². The van der Waals surface area contributed by atoms with Crippen LogP contribution in [0.4, 0.5) is 0 Å². The summed E-state index contributed by atoms with van der Waals surface area (Å²) in [5.74, 6) is 0. The van der Waals surface area contributed by atoms with Crippen LogP contribution < -0.4 is 6.15 Å². The molecule has 0 amide bonds. The van der Waals surface area contributed by atoms with Crippen molar-refractivity contribution in [2.24, 2.45) is 0 Å². The monoisotopic (exact) mass is 108 g/mol. The van der Waals surface area contributed by atoms with E-state index in [9.17, 15) is 0 Å². The third-order valence-electron chi connectivity index (χ3n) is 0. The molecule has 0 unspecified atom stereocenters. The minimum Gasteiger partial charge on any atom is -0.344 e. The zero-order valence-electron chi connectivity index (χ0n) is 3.62. The van der Waals surface area contributed by atoms with Crippen molar-refractivity contribution in [2.45, 2.75) is 13.3 Å². The van der Waals surface area contributed by atoms with Crippen molar-refractivity contribution in [2.75, 3.05) is 0 Å². The van der Waals surface area contributed by atoms with Gasteiger partial charge in [0.15, 0.2) is 0 Å². The Hall–Kier alpha value is 0.674. The van der Waals surface area contributed by atoms with Gasteiger partial charge in [0.05, 0.1) is 0 Å². The summed E-state index contributed by atoms with van der Waals surface area (Å²) in [4.78, 5) is 0. The first kappa shape index (κ1) is 17.3. The second-order valence-corrected chi connectivity index (χ2v) is 0.500. The first-order valence-corrected chi connectivity index (χ1v) is 1.21. The van der Waals surface area contributed by atoms with Gasteiger partial charge in [0.25, 0.3) is 0 Å². The topological polar surface area (TPSA) is 35.0 Å². The smallest absolute Gasteiger partial charge is 0 e. The zero-order valence-corrected chi connectivity index (χ0v) is 5.18. The normalized spacial score (nSPS) is 3.60. The molecular formula is C3H10NTi-. The van der Waals surface area contributed by atoms with Gasteiger partial charge in [-0.2, -0.15) is 6.42 Å². The molecule has 1 nitrogen and oxygen atoms in total. The third kappa shape index (κ3) is 73.5. The average molecular weight is 108 g/mol. The molecule has 5 heavy (non-hydrogen) atoms. The van der Waals surface area contributed by atoms with E-state index in [4.69, 9.17) is 0 Å². The molecule has 0 radical (unpaired) electrons. The van der Waals surface area contributed by atoms with Crippen LogP contribution in [0.25, 0.3) is 0 Å². The number of hydrogen-bond donors (Lipinski definition) is 1. The Labute approximate surface area is 48.6 Å². The molecular weight excluding hydrogens is 97.9 g/mol. The molecule has 0 fully saturated rings. The maximum absolute atomic E-state index is 3.49. The maximum Gasteiger partial charge on any atom is 0 e. The van der Waals surface area contributed by atoms with E-state index in [1.165, 1.54) is 0 Å². The average Bonchev–Trinajstić information content (AvgIpc) is 0.918. The molecule has 32 valence electrons. The van der Waals surface area contributed by atoms with Crippen molar-refractivity contribution in [1.82, 2.24) is 6.15 Å². The Morgan fingerprint density at radius 1 is 1.60 bits per heavy atom. The molecule has 0 atom stereocenters. The predicted molar refractivity (Wildman–Crippen MR) is 20.7 cm³/mol. The summed E-state index contributed by atoms with van der Waals surface area (Å²) >= 11 is 0. The Kier molecular flexibility index (Phi) is 78.0. The van der Waals surface area contributed by atoms with Gasteiger partial charge in [-0.05, 0) is 0 Å². The molecule has 0 rings (SSSR count). The van der Waals surface area contributed by atoms with E-state index >= 15 is 0 Å². The Morgan fingerprint density at radius 3 is 1.60 bits per heavy atom. The molecule has 0 saturated heterocycles. The van der Waals surface area contributed by atoms with Gasteiger partial charge in [0.2, 0.25) is 0 Å². The van der Waals surface area contributed by atoms with Crippen LogP contribution in [0.1, 0.15) is 13.3 Å². The van der Waals surface area contributed by atoms with Crippen LogP contribution in [0.15, 0.2) is 0 Å². The van der Waals surface area contributed by atoms with Gasteiger partial charge in [-0.25, -0.2) is 0 Å². The van der Waals surface area contributed by atoms with E-state index in [2.05, 4.69) is 6.92 Å². The Morgan fingerprint density at radius 2 is 1.60 bits per heavy atom. The summed E-state index contributed by atoms with van der Waals surface area (Å²) in [5, 5.41) is 0. The van der Waals surface area contributed by atoms with E-state index in [1.54, 1.807) is 0 Å². The van der Waals surface area contributed by atoms with Crippen LogP contribution in [0.3, 0.4) is 0 Å². The summed E-state index contributed by atoms with van der Waals surface area (Å²) in [6.07, 6.45) is 1.00. The number of hydrogen-bond acceptors (Lipinski definition) is 1. The summed E-state index contributed by atoms with van der Waals surface area (Å²) < 4.78 is 0. The van der Waals surface area contributed by atoms with Crippen molar-refractivity contribution >= 4 is 0 Å². The van der Waals surface area contributed by atoms with Crippen LogP contribution >= 0.6 is 0 Å². The van der Waals surface area contributed by atoms with Gasteiger partial charge in [-0.3, -0.25) is 0 Å². The fourth-order valence-corrected chi connectivity index (χ4v) is 0. The molecule has 0 bridgehead atoms. The molecule has 0 aliphatic rings. The van der Waals surface area contributed by atoms with E-state index in [0.717, 1.165) is 6.42 Å². The van der Waals surface area contributed by atoms with E-state index in [1.807, 2.05) is 6.92 Å². The quantitative estimate of drug-likeness (QED) is 0.369. The summed E-state index contributed by atoms with van der Waals surface area (Å²) in [5.41, 5.74) is 0. The molecule has 0 saturated carbocycles. The Bertz CT molecular complexity index is 6.85. The second-order valence-electron chi connectivity index (χ2n) is 0.500. The van der Waals surface area contributed by atoms with Crippen LogP contribution in [-0.2, 0) is 21.7 Å². The third-order valence-corrected chi connectivity index (χ3v) is 0. The van der Waals surface area contributed by atoms with E-state index in [0.29, 0.717) is 0 Å². The van der Waals surface area contributed by atoms with Gasteiger partial charge >= 0.3 is 0 Å². The second kappa shape index (κ2) is 22.5. The molecule has 0 aromatic carbocycles. The van der Waals surface area contributed by atoms with Gasteiger partial charge in [-0.1, -0.05) is 6.92 Å². The SMILES string of the molecule is N.[CH2-]CC.[Ti]. The van der Waals surface area contributed by atoms with Gasteiger partial charge in [-0.15, -0.1) is 0 Å². The van der Waals surface area contributed by atoms with E-state index < -0.39 is 0 Å². The standard InChI is InChI=1S/C3H7.H3N.Ti/c1-3-2;;/h1,3H2,2H3;1H3;/q-1;;.